The molecule has 0 unspecified atom stereocenters. The van der Waals surface area contributed by atoms with E-state index in [9.17, 15) is 0 Å². The Balaban J connectivity index is 1.21. The Morgan fingerprint density at radius 2 is 0.981 bits per heavy atom. The summed E-state index contributed by atoms with van der Waals surface area (Å²) in [5.74, 6) is 1.80. The lowest BCUT2D eigenvalue weighted by atomic mass is 9.66. The van der Waals surface area contributed by atoms with Gasteiger partial charge in [0.15, 0.2) is 0 Å². The van der Waals surface area contributed by atoms with E-state index in [0.717, 1.165) is 28.6 Å². The molecule has 0 radical (unpaired) electrons. The zero-order valence-electron chi connectivity index (χ0n) is 29.1. The summed E-state index contributed by atoms with van der Waals surface area (Å²) in [7, 11) is 0. The van der Waals surface area contributed by atoms with Crippen LogP contribution >= 0.6 is 0 Å². The molecular formula is C50H35NO. The molecule has 0 fully saturated rings. The topological polar surface area (TPSA) is 12.5 Å². The average Bonchev–Trinajstić information content (AvgIpc) is 3.61. The molecular weight excluding hydrogens is 631 g/mol. The number of para-hydroxylation sites is 3. The lowest BCUT2D eigenvalue weighted by molar-refractivity contribution is 0.436. The van der Waals surface area contributed by atoms with Gasteiger partial charge in [0.1, 0.15) is 11.5 Å². The fourth-order valence-electron chi connectivity index (χ4n) is 9.65. The van der Waals surface area contributed by atoms with Gasteiger partial charge in [0.25, 0.3) is 0 Å². The van der Waals surface area contributed by atoms with E-state index in [0.29, 0.717) is 0 Å². The van der Waals surface area contributed by atoms with E-state index >= 15 is 0 Å². The van der Waals surface area contributed by atoms with Gasteiger partial charge in [-0.1, -0.05) is 141 Å². The van der Waals surface area contributed by atoms with Crippen LogP contribution in [0.1, 0.15) is 47.2 Å². The summed E-state index contributed by atoms with van der Waals surface area (Å²) < 4.78 is 6.68. The van der Waals surface area contributed by atoms with Gasteiger partial charge in [-0.05, 0) is 104 Å². The van der Waals surface area contributed by atoms with Crippen molar-refractivity contribution in [1.82, 2.24) is 0 Å². The lowest BCUT2D eigenvalue weighted by Gasteiger charge is -2.39. The summed E-state index contributed by atoms with van der Waals surface area (Å²) >= 11 is 0. The largest absolute Gasteiger partial charge is 0.457 e. The monoisotopic (exact) mass is 665 g/mol. The van der Waals surface area contributed by atoms with Gasteiger partial charge >= 0.3 is 0 Å². The second-order valence-electron chi connectivity index (χ2n) is 14.9. The number of nitrogens with zero attached hydrogens (tertiary/aromatic N) is 1. The molecule has 0 N–H and O–H groups in total. The molecule has 0 bridgehead atoms. The van der Waals surface area contributed by atoms with Crippen LogP contribution in [0.25, 0.3) is 33.0 Å². The highest BCUT2D eigenvalue weighted by Gasteiger charge is 2.51. The number of hydrogen-bond acceptors (Lipinski definition) is 2. The average molecular weight is 666 g/mol. The number of hydrogen-bond donors (Lipinski definition) is 0. The Hall–Kier alpha value is -6.38. The van der Waals surface area contributed by atoms with Gasteiger partial charge in [-0.15, -0.1) is 0 Å². The molecule has 11 rings (SSSR count). The van der Waals surface area contributed by atoms with E-state index in [1.165, 1.54) is 66.4 Å². The van der Waals surface area contributed by atoms with Crippen molar-refractivity contribution in [3.63, 3.8) is 0 Å². The van der Waals surface area contributed by atoms with E-state index in [4.69, 9.17) is 4.74 Å². The number of benzene rings is 8. The van der Waals surface area contributed by atoms with Crippen LogP contribution < -0.4 is 9.64 Å². The van der Waals surface area contributed by atoms with Crippen LogP contribution in [-0.2, 0) is 10.8 Å². The van der Waals surface area contributed by atoms with Crippen molar-refractivity contribution in [2.24, 2.45) is 0 Å². The molecule has 0 atom stereocenters. The van der Waals surface area contributed by atoms with Crippen molar-refractivity contribution >= 4 is 27.8 Å². The normalized spacial score (nSPS) is 14.8. The number of ether oxygens (including phenoxy) is 1. The van der Waals surface area contributed by atoms with E-state index in [-0.39, 0.29) is 5.41 Å². The zero-order chi connectivity index (χ0) is 34.6. The molecule has 0 aromatic heterocycles. The first kappa shape index (κ1) is 29.4. The molecule has 1 aliphatic heterocycles. The second-order valence-corrected chi connectivity index (χ2v) is 14.9. The van der Waals surface area contributed by atoms with E-state index in [2.05, 4.69) is 195 Å². The first-order chi connectivity index (χ1) is 25.5. The minimum absolute atomic E-state index is 0.107. The van der Waals surface area contributed by atoms with Crippen molar-refractivity contribution in [1.29, 1.82) is 0 Å². The molecule has 3 aliphatic rings. The molecule has 0 saturated heterocycles. The first-order valence-electron chi connectivity index (χ1n) is 18.2. The number of fused-ring (bicyclic) bond motifs is 14. The smallest absolute Gasteiger partial charge is 0.132 e. The molecule has 246 valence electrons. The number of rotatable bonds is 3. The summed E-state index contributed by atoms with van der Waals surface area (Å²) in [5, 5.41) is 2.52. The van der Waals surface area contributed by atoms with Crippen LogP contribution in [0.2, 0.25) is 0 Å². The van der Waals surface area contributed by atoms with Gasteiger partial charge in [-0.3, -0.25) is 0 Å². The highest BCUT2D eigenvalue weighted by Crippen LogP contribution is 2.64. The van der Waals surface area contributed by atoms with Crippen LogP contribution in [0.5, 0.6) is 11.5 Å². The highest BCUT2D eigenvalue weighted by atomic mass is 16.5. The number of anilines is 3. The summed E-state index contributed by atoms with van der Waals surface area (Å²) in [6.07, 6.45) is 0. The van der Waals surface area contributed by atoms with Crippen molar-refractivity contribution < 1.29 is 4.74 Å². The van der Waals surface area contributed by atoms with Crippen LogP contribution in [0.4, 0.5) is 17.1 Å². The van der Waals surface area contributed by atoms with Gasteiger partial charge in [-0.2, -0.15) is 0 Å². The van der Waals surface area contributed by atoms with Crippen molar-refractivity contribution in [2.45, 2.75) is 24.7 Å². The van der Waals surface area contributed by atoms with Crippen LogP contribution in [0, 0.1) is 0 Å². The van der Waals surface area contributed by atoms with Gasteiger partial charge < -0.3 is 9.64 Å². The molecule has 52 heavy (non-hydrogen) atoms. The van der Waals surface area contributed by atoms with Gasteiger partial charge in [0, 0.05) is 33.6 Å². The maximum absolute atomic E-state index is 6.68. The lowest BCUT2D eigenvalue weighted by Crippen LogP contribution is -2.32. The minimum Gasteiger partial charge on any atom is -0.457 e. The summed E-state index contributed by atoms with van der Waals surface area (Å²) in [6.45, 7) is 4.71. The SMILES string of the molecule is CC1(C)c2ccccc2-c2ccc(N(c3ccccc3)c3ccc4c(c3)C3(c5ccccc5Oc5ccccc53)c3ccc5ccccc5c3-4)cc21. The zero-order valence-corrected chi connectivity index (χ0v) is 29.1. The maximum Gasteiger partial charge on any atom is 0.132 e. The van der Waals surface area contributed by atoms with Gasteiger partial charge in [0.2, 0.25) is 0 Å². The Morgan fingerprint density at radius 3 is 1.73 bits per heavy atom. The maximum atomic E-state index is 6.68. The molecule has 1 heterocycles. The third-order valence-electron chi connectivity index (χ3n) is 11.9. The molecule has 1 spiro atoms. The molecule has 2 heteroatoms. The Morgan fingerprint density at radius 1 is 0.404 bits per heavy atom. The van der Waals surface area contributed by atoms with E-state index in [1.807, 2.05) is 0 Å². The van der Waals surface area contributed by atoms with Crippen molar-refractivity contribution in [2.75, 3.05) is 4.90 Å². The van der Waals surface area contributed by atoms with E-state index in [1.54, 1.807) is 0 Å². The fourth-order valence-corrected chi connectivity index (χ4v) is 9.65. The second kappa shape index (κ2) is 10.6. The summed E-state index contributed by atoms with van der Waals surface area (Å²) in [5.41, 5.74) is 15.6. The molecule has 8 aromatic rings. The Labute approximate surface area is 304 Å². The minimum atomic E-state index is -0.569. The third-order valence-corrected chi connectivity index (χ3v) is 11.9. The standard InChI is InChI=1S/C50H35NO/c1-49(2)40-19-9-8-18-37(40)38-27-25-34(30-44(38)49)51(33-15-4-3-5-16-33)35-26-28-39-45(31-35)50(43-29-24-32-14-6-7-17-36(32)48(39)43)41-20-10-12-22-46(41)52-47-23-13-11-21-42(47)50/h3-31H,1-2H3. The molecule has 2 aliphatic carbocycles. The molecule has 0 amide bonds. The van der Waals surface area contributed by atoms with E-state index < -0.39 is 5.41 Å². The molecule has 2 nitrogen and oxygen atoms in total. The van der Waals surface area contributed by atoms with Crippen LogP contribution in [-0.4, -0.2) is 0 Å². The van der Waals surface area contributed by atoms with Crippen molar-refractivity contribution in [3.05, 3.63) is 209 Å². The molecule has 8 aromatic carbocycles. The summed E-state index contributed by atoms with van der Waals surface area (Å²) in [6, 6.07) is 64.6. The predicted molar refractivity (Wildman–Crippen MR) is 214 cm³/mol. The Bertz CT molecular complexity index is 2710. The fraction of sp³-hybridized carbons (Fsp3) is 0.0800. The predicted octanol–water partition coefficient (Wildman–Crippen LogP) is 13.1. The highest BCUT2D eigenvalue weighted by molar-refractivity contribution is 6.05. The molecule has 0 saturated carbocycles. The Kier molecular flexibility index (Phi) is 5.97. The third kappa shape index (κ3) is 3.79. The summed E-state index contributed by atoms with van der Waals surface area (Å²) in [4.78, 5) is 2.44. The van der Waals surface area contributed by atoms with Gasteiger partial charge in [-0.25, -0.2) is 0 Å². The van der Waals surface area contributed by atoms with Gasteiger partial charge in [0.05, 0.1) is 5.41 Å². The van der Waals surface area contributed by atoms with Crippen LogP contribution in [0.15, 0.2) is 176 Å². The van der Waals surface area contributed by atoms with Crippen LogP contribution in [0.3, 0.4) is 0 Å². The quantitative estimate of drug-likeness (QED) is 0.186. The first-order valence-corrected chi connectivity index (χ1v) is 18.2. The van der Waals surface area contributed by atoms with Crippen molar-refractivity contribution in [3.8, 4) is 33.8 Å².